The van der Waals surface area contributed by atoms with E-state index in [1.54, 1.807) is 43.9 Å². The summed E-state index contributed by atoms with van der Waals surface area (Å²) in [6.07, 6.45) is 1.78. The Hall–Kier alpha value is -3.06. The molecule has 0 aliphatic rings. The van der Waals surface area contributed by atoms with E-state index in [1.165, 1.54) is 11.3 Å². The molecule has 0 fully saturated rings. The van der Waals surface area contributed by atoms with Crippen molar-refractivity contribution >= 4 is 33.4 Å². The Bertz CT molecular complexity index is 1300. The van der Waals surface area contributed by atoms with Crippen LogP contribution in [0.3, 0.4) is 0 Å². The predicted molar refractivity (Wildman–Crippen MR) is 111 cm³/mol. The van der Waals surface area contributed by atoms with Gasteiger partial charge in [0.1, 0.15) is 17.2 Å². The molecule has 28 heavy (non-hydrogen) atoms. The Kier molecular flexibility index (Phi) is 4.47. The standard InChI is InChI=1S/C21H20N2O4S/c1-11-6-15-16(7-12(11)2)23-20(24)19(28-21(23)22-15)10-14-17(26-4)8-13(25-3)9-18(14)27-5/h6-10H,1-5H3/b19-10-. The van der Waals surface area contributed by atoms with Gasteiger partial charge < -0.3 is 14.2 Å². The van der Waals surface area contributed by atoms with Crippen LogP contribution in [0.4, 0.5) is 0 Å². The molecule has 0 aliphatic carbocycles. The van der Waals surface area contributed by atoms with E-state index in [4.69, 9.17) is 14.2 Å². The molecule has 144 valence electrons. The van der Waals surface area contributed by atoms with Crippen LogP contribution >= 0.6 is 11.3 Å². The Morgan fingerprint density at radius 2 is 1.61 bits per heavy atom. The molecule has 6 nitrogen and oxygen atoms in total. The van der Waals surface area contributed by atoms with Crippen molar-refractivity contribution in [2.45, 2.75) is 13.8 Å². The Morgan fingerprint density at radius 3 is 2.21 bits per heavy atom. The fourth-order valence-electron chi connectivity index (χ4n) is 3.22. The second-order valence-electron chi connectivity index (χ2n) is 6.52. The number of hydrogen-bond donors (Lipinski definition) is 0. The van der Waals surface area contributed by atoms with E-state index in [1.807, 2.05) is 26.0 Å². The number of imidazole rings is 1. The van der Waals surface area contributed by atoms with Crippen molar-refractivity contribution < 1.29 is 14.2 Å². The maximum atomic E-state index is 13.1. The molecule has 0 saturated carbocycles. The Morgan fingerprint density at radius 1 is 0.964 bits per heavy atom. The molecule has 0 aliphatic heterocycles. The van der Waals surface area contributed by atoms with Gasteiger partial charge in [-0.25, -0.2) is 9.38 Å². The molecular formula is C21H20N2O4S. The zero-order chi connectivity index (χ0) is 20.0. The van der Waals surface area contributed by atoms with Crippen molar-refractivity contribution in [3.63, 3.8) is 0 Å². The van der Waals surface area contributed by atoms with Crippen LogP contribution in [-0.4, -0.2) is 30.7 Å². The summed E-state index contributed by atoms with van der Waals surface area (Å²) >= 11 is 1.35. The van der Waals surface area contributed by atoms with Crippen molar-refractivity contribution in [2.24, 2.45) is 0 Å². The summed E-state index contributed by atoms with van der Waals surface area (Å²) in [5.41, 5.74) is 4.52. The molecule has 4 aromatic rings. The molecule has 0 bridgehead atoms. The van der Waals surface area contributed by atoms with Crippen LogP contribution in [0.2, 0.25) is 0 Å². The minimum absolute atomic E-state index is 0.106. The molecule has 0 atom stereocenters. The maximum absolute atomic E-state index is 13.1. The number of hydrogen-bond acceptors (Lipinski definition) is 6. The number of rotatable bonds is 4. The number of thiazole rings is 1. The van der Waals surface area contributed by atoms with Gasteiger partial charge in [-0.3, -0.25) is 4.79 Å². The van der Waals surface area contributed by atoms with Gasteiger partial charge in [0.05, 0.1) is 42.5 Å². The molecule has 2 heterocycles. The second kappa shape index (κ2) is 6.83. The summed E-state index contributed by atoms with van der Waals surface area (Å²) in [6, 6.07) is 7.55. The first-order chi connectivity index (χ1) is 13.5. The number of methoxy groups -OCH3 is 3. The predicted octanol–water partition coefficient (Wildman–Crippen LogP) is 3.10. The van der Waals surface area contributed by atoms with Gasteiger partial charge in [0, 0.05) is 12.1 Å². The van der Waals surface area contributed by atoms with Gasteiger partial charge >= 0.3 is 0 Å². The number of aromatic nitrogens is 2. The summed E-state index contributed by atoms with van der Waals surface area (Å²) in [7, 11) is 4.73. The monoisotopic (exact) mass is 396 g/mol. The highest BCUT2D eigenvalue weighted by molar-refractivity contribution is 7.15. The summed E-state index contributed by atoms with van der Waals surface area (Å²) in [4.78, 5) is 18.4. The zero-order valence-corrected chi connectivity index (χ0v) is 17.1. The minimum Gasteiger partial charge on any atom is -0.496 e. The first kappa shape index (κ1) is 18.3. The molecular weight excluding hydrogens is 376 g/mol. The van der Waals surface area contributed by atoms with Crippen molar-refractivity contribution in [3.05, 3.63) is 55.8 Å². The van der Waals surface area contributed by atoms with Crippen LogP contribution in [0.25, 0.3) is 22.1 Å². The molecule has 0 radical (unpaired) electrons. The fourth-order valence-corrected chi connectivity index (χ4v) is 4.19. The highest BCUT2D eigenvalue weighted by atomic mass is 32.1. The average Bonchev–Trinajstić information content (AvgIpc) is 3.18. The SMILES string of the molecule is COc1cc(OC)c(/C=c2\sc3nc4cc(C)c(C)cc4n3c2=O)c(OC)c1. The number of fused-ring (bicyclic) bond motifs is 3. The number of aryl methyl sites for hydroxylation is 2. The summed E-state index contributed by atoms with van der Waals surface area (Å²) in [6.45, 7) is 4.08. The van der Waals surface area contributed by atoms with Gasteiger partial charge in [0.2, 0.25) is 0 Å². The lowest BCUT2D eigenvalue weighted by Crippen LogP contribution is -2.22. The summed E-state index contributed by atoms with van der Waals surface area (Å²) in [5.74, 6) is 1.75. The molecule has 0 N–H and O–H groups in total. The fraction of sp³-hybridized carbons (Fsp3) is 0.238. The van der Waals surface area contributed by atoms with E-state index in [9.17, 15) is 4.79 Å². The van der Waals surface area contributed by atoms with Crippen LogP contribution in [0, 0.1) is 13.8 Å². The summed E-state index contributed by atoms with van der Waals surface area (Å²) in [5, 5.41) is 0. The van der Waals surface area contributed by atoms with Crippen LogP contribution in [0.5, 0.6) is 17.2 Å². The normalized spacial score (nSPS) is 12.1. The van der Waals surface area contributed by atoms with E-state index in [-0.39, 0.29) is 5.56 Å². The van der Waals surface area contributed by atoms with Crippen molar-refractivity contribution in [1.29, 1.82) is 0 Å². The zero-order valence-electron chi connectivity index (χ0n) is 16.3. The third-order valence-corrected chi connectivity index (χ3v) is 5.85. The van der Waals surface area contributed by atoms with Gasteiger partial charge in [-0.15, -0.1) is 0 Å². The van der Waals surface area contributed by atoms with Crippen LogP contribution in [-0.2, 0) is 0 Å². The largest absolute Gasteiger partial charge is 0.496 e. The lowest BCUT2D eigenvalue weighted by atomic mass is 10.1. The Labute approximate surface area is 165 Å². The lowest BCUT2D eigenvalue weighted by Gasteiger charge is -2.12. The van der Waals surface area contributed by atoms with E-state index in [0.717, 1.165) is 22.2 Å². The molecule has 0 saturated heterocycles. The molecule has 2 aromatic heterocycles. The highest BCUT2D eigenvalue weighted by Gasteiger charge is 2.15. The van der Waals surface area contributed by atoms with Gasteiger partial charge in [-0.1, -0.05) is 11.3 Å². The van der Waals surface area contributed by atoms with Gasteiger partial charge in [0.25, 0.3) is 5.56 Å². The second-order valence-corrected chi connectivity index (χ2v) is 7.53. The quantitative estimate of drug-likeness (QED) is 0.530. The van der Waals surface area contributed by atoms with E-state index < -0.39 is 0 Å². The van der Waals surface area contributed by atoms with Crippen molar-refractivity contribution in [2.75, 3.05) is 21.3 Å². The highest BCUT2D eigenvalue weighted by Crippen LogP contribution is 2.34. The first-order valence-corrected chi connectivity index (χ1v) is 9.52. The van der Waals surface area contributed by atoms with Crippen LogP contribution in [0.1, 0.15) is 16.7 Å². The van der Waals surface area contributed by atoms with Gasteiger partial charge in [-0.05, 0) is 43.2 Å². The number of benzene rings is 2. The third kappa shape index (κ3) is 2.79. The van der Waals surface area contributed by atoms with E-state index >= 15 is 0 Å². The minimum atomic E-state index is -0.106. The average molecular weight is 396 g/mol. The van der Waals surface area contributed by atoms with Crippen LogP contribution < -0.4 is 24.3 Å². The molecule has 7 heteroatoms. The third-order valence-electron chi connectivity index (χ3n) is 4.88. The summed E-state index contributed by atoms with van der Waals surface area (Å²) < 4.78 is 18.5. The molecule has 4 rings (SSSR count). The smallest absolute Gasteiger partial charge is 0.274 e. The first-order valence-electron chi connectivity index (χ1n) is 8.70. The lowest BCUT2D eigenvalue weighted by molar-refractivity contribution is 0.374. The number of ether oxygens (including phenoxy) is 3. The molecule has 2 aromatic carbocycles. The molecule has 0 spiro atoms. The van der Waals surface area contributed by atoms with Crippen LogP contribution in [0.15, 0.2) is 29.1 Å². The van der Waals surface area contributed by atoms with E-state index in [0.29, 0.717) is 32.3 Å². The topological polar surface area (TPSA) is 62.1 Å². The van der Waals surface area contributed by atoms with Gasteiger partial charge in [0.15, 0.2) is 4.96 Å². The van der Waals surface area contributed by atoms with Crippen molar-refractivity contribution in [3.8, 4) is 17.2 Å². The Balaban J connectivity index is 2.00. The molecule has 0 unspecified atom stereocenters. The van der Waals surface area contributed by atoms with Gasteiger partial charge in [-0.2, -0.15) is 0 Å². The molecule has 0 amide bonds. The number of nitrogens with zero attached hydrogens (tertiary/aromatic N) is 2. The van der Waals surface area contributed by atoms with Crippen molar-refractivity contribution in [1.82, 2.24) is 9.38 Å². The maximum Gasteiger partial charge on any atom is 0.274 e. The van der Waals surface area contributed by atoms with E-state index in [2.05, 4.69) is 4.98 Å².